The molecule has 3 rings (SSSR count). The number of hydrogen-bond acceptors (Lipinski definition) is 3. The molecule has 2 N–H and O–H groups in total. The van der Waals surface area contributed by atoms with Gasteiger partial charge in [-0.3, -0.25) is 4.98 Å². The Hall–Kier alpha value is -2.69. The molecule has 0 bridgehead atoms. The number of halogens is 2. The smallest absolute Gasteiger partial charge is 0.167 e. The van der Waals surface area contributed by atoms with Crippen molar-refractivity contribution in [3.63, 3.8) is 0 Å². The number of aromatic nitrogens is 1. The van der Waals surface area contributed by atoms with E-state index in [0.717, 1.165) is 23.1 Å². The molecule has 0 fully saturated rings. The molecule has 0 aliphatic heterocycles. The summed E-state index contributed by atoms with van der Waals surface area (Å²) in [4.78, 5) is 4.28. The molecule has 0 aliphatic carbocycles. The largest absolute Gasteiger partial charge is 0.486 e. The molecule has 5 heteroatoms. The molecule has 0 atom stereocenters. The summed E-state index contributed by atoms with van der Waals surface area (Å²) in [5.41, 5.74) is 8.00. The van der Waals surface area contributed by atoms with E-state index in [-0.39, 0.29) is 12.4 Å². The third kappa shape index (κ3) is 2.63. The van der Waals surface area contributed by atoms with Crippen LogP contribution in [0.1, 0.15) is 5.56 Å². The Labute approximate surface area is 120 Å². The second-order valence-electron chi connectivity index (χ2n) is 4.58. The van der Waals surface area contributed by atoms with Crippen molar-refractivity contribution < 1.29 is 13.5 Å². The Morgan fingerprint density at radius 1 is 1.10 bits per heavy atom. The first kappa shape index (κ1) is 13.3. The molecule has 3 aromatic rings. The van der Waals surface area contributed by atoms with Gasteiger partial charge >= 0.3 is 0 Å². The third-order valence-electron chi connectivity index (χ3n) is 3.16. The van der Waals surface area contributed by atoms with Gasteiger partial charge in [0.15, 0.2) is 11.6 Å². The van der Waals surface area contributed by atoms with Gasteiger partial charge in [0.1, 0.15) is 12.4 Å². The number of fused-ring (bicyclic) bond motifs is 1. The van der Waals surface area contributed by atoms with Crippen LogP contribution in [0.2, 0.25) is 0 Å². The third-order valence-corrected chi connectivity index (χ3v) is 3.16. The Kier molecular flexibility index (Phi) is 3.39. The summed E-state index contributed by atoms with van der Waals surface area (Å²) in [6, 6.07) is 10.4. The van der Waals surface area contributed by atoms with Gasteiger partial charge in [0.2, 0.25) is 0 Å². The van der Waals surface area contributed by atoms with Gasteiger partial charge in [-0.1, -0.05) is 6.07 Å². The van der Waals surface area contributed by atoms with Crippen LogP contribution in [0.5, 0.6) is 5.75 Å². The van der Waals surface area contributed by atoms with E-state index < -0.39 is 11.6 Å². The van der Waals surface area contributed by atoms with Crippen LogP contribution < -0.4 is 10.5 Å². The number of nitrogen functional groups attached to an aromatic ring is 1. The van der Waals surface area contributed by atoms with Crippen LogP contribution in [0.4, 0.5) is 14.5 Å². The van der Waals surface area contributed by atoms with Gasteiger partial charge in [-0.2, -0.15) is 0 Å². The van der Waals surface area contributed by atoms with Crippen LogP contribution in [-0.2, 0) is 6.61 Å². The maximum Gasteiger partial charge on any atom is 0.167 e. The van der Waals surface area contributed by atoms with E-state index in [1.54, 1.807) is 24.4 Å². The number of hydrogen-bond donors (Lipinski definition) is 1. The van der Waals surface area contributed by atoms with Crippen LogP contribution in [0.15, 0.2) is 48.7 Å². The molecule has 2 aromatic carbocycles. The topological polar surface area (TPSA) is 48.1 Å². The van der Waals surface area contributed by atoms with E-state index in [1.807, 2.05) is 6.07 Å². The van der Waals surface area contributed by atoms with Crippen molar-refractivity contribution >= 4 is 16.6 Å². The van der Waals surface area contributed by atoms with Crippen molar-refractivity contribution in [2.24, 2.45) is 0 Å². The molecular formula is C16H12F2N2O. The van der Waals surface area contributed by atoms with Gasteiger partial charge in [-0.25, -0.2) is 8.78 Å². The molecule has 0 amide bonds. The second-order valence-corrected chi connectivity index (χ2v) is 4.58. The maximum atomic E-state index is 13.5. The predicted octanol–water partition coefficient (Wildman–Crippen LogP) is 3.67. The Morgan fingerprint density at radius 3 is 2.76 bits per heavy atom. The van der Waals surface area contributed by atoms with Crippen molar-refractivity contribution in [3.8, 4) is 5.75 Å². The number of rotatable bonds is 3. The van der Waals surface area contributed by atoms with E-state index in [9.17, 15) is 8.78 Å². The van der Waals surface area contributed by atoms with E-state index >= 15 is 0 Å². The number of nitrogens with two attached hydrogens (primary N) is 1. The Bertz CT molecular complexity index is 805. The van der Waals surface area contributed by atoms with E-state index in [4.69, 9.17) is 10.5 Å². The van der Waals surface area contributed by atoms with Crippen LogP contribution in [0.25, 0.3) is 10.9 Å². The van der Waals surface area contributed by atoms with Gasteiger partial charge < -0.3 is 10.5 Å². The Morgan fingerprint density at radius 2 is 1.95 bits per heavy atom. The van der Waals surface area contributed by atoms with Gasteiger partial charge in [0.05, 0.1) is 5.52 Å². The van der Waals surface area contributed by atoms with Crippen LogP contribution in [-0.4, -0.2) is 4.98 Å². The molecule has 1 heterocycles. The number of nitrogens with zero attached hydrogens (tertiary/aromatic N) is 1. The van der Waals surface area contributed by atoms with Crippen LogP contribution in [0.3, 0.4) is 0 Å². The van der Waals surface area contributed by atoms with Crippen molar-refractivity contribution in [1.82, 2.24) is 4.98 Å². The summed E-state index contributed by atoms with van der Waals surface area (Å²) >= 11 is 0. The molecule has 106 valence electrons. The lowest BCUT2D eigenvalue weighted by molar-refractivity contribution is 0.290. The van der Waals surface area contributed by atoms with Gasteiger partial charge in [0, 0.05) is 28.9 Å². The summed E-state index contributed by atoms with van der Waals surface area (Å²) < 4.78 is 31.8. The molecule has 0 radical (unpaired) electrons. The second kappa shape index (κ2) is 5.36. The fourth-order valence-electron chi connectivity index (χ4n) is 2.12. The minimum absolute atomic E-state index is 0.00249. The minimum atomic E-state index is -0.734. The van der Waals surface area contributed by atoms with E-state index in [2.05, 4.69) is 4.98 Å². The SMILES string of the molecule is Nc1ccc(COc2ccc(F)cc2F)c2ncccc12. The molecule has 0 aliphatic rings. The molecular weight excluding hydrogens is 274 g/mol. The summed E-state index contributed by atoms with van der Waals surface area (Å²) in [5.74, 6) is -1.38. The molecule has 0 saturated carbocycles. The summed E-state index contributed by atoms with van der Waals surface area (Å²) in [6.45, 7) is 0.121. The van der Waals surface area contributed by atoms with Crippen molar-refractivity contribution in [2.75, 3.05) is 5.73 Å². The van der Waals surface area contributed by atoms with E-state index in [1.165, 1.54) is 6.07 Å². The quantitative estimate of drug-likeness (QED) is 0.747. The van der Waals surface area contributed by atoms with Crippen LogP contribution >= 0.6 is 0 Å². The lowest BCUT2D eigenvalue weighted by atomic mass is 10.1. The number of ether oxygens (including phenoxy) is 1. The average molecular weight is 286 g/mol. The van der Waals surface area contributed by atoms with Crippen molar-refractivity contribution in [1.29, 1.82) is 0 Å². The molecule has 3 nitrogen and oxygen atoms in total. The molecule has 0 saturated heterocycles. The average Bonchev–Trinajstić information content (AvgIpc) is 2.48. The maximum absolute atomic E-state index is 13.5. The van der Waals surface area contributed by atoms with Gasteiger partial charge in [0.25, 0.3) is 0 Å². The van der Waals surface area contributed by atoms with Gasteiger partial charge in [-0.15, -0.1) is 0 Å². The lowest BCUT2D eigenvalue weighted by Gasteiger charge is -2.10. The first-order chi connectivity index (χ1) is 10.1. The zero-order chi connectivity index (χ0) is 14.8. The lowest BCUT2D eigenvalue weighted by Crippen LogP contribution is -2.00. The summed E-state index contributed by atoms with van der Waals surface area (Å²) in [5, 5.41) is 0.818. The zero-order valence-corrected chi connectivity index (χ0v) is 11.0. The zero-order valence-electron chi connectivity index (χ0n) is 11.0. The standard InChI is InChI=1S/C16H12F2N2O/c17-11-4-6-15(13(18)8-11)21-9-10-3-5-14(19)12-2-1-7-20-16(10)12/h1-8H,9,19H2. The van der Waals surface area contributed by atoms with E-state index in [0.29, 0.717) is 11.2 Å². The summed E-state index contributed by atoms with van der Waals surface area (Å²) in [6.07, 6.45) is 1.66. The highest BCUT2D eigenvalue weighted by atomic mass is 19.1. The number of anilines is 1. The van der Waals surface area contributed by atoms with Gasteiger partial charge in [-0.05, 0) is 30.3 Å². The van der Waals surface area contributed by atoms with Crippen molar-refractivity contribution in [3.05, 3.63) is 65.9 Å². The molecule has 0 spiro atoms. The first-order valence-electron chi connectivity index (χ1n) is 6.35. The fourth-order valence-corrected chi connectivity index (χ4v) is 2.12. The monoisotopic (exact) mass is 286 g/mol. The highest BCUT2D eigenvalue weighted by Gasteiger charge is 2.08. The number of benzene rings is 2. The molecule has 1 aromatic heterocycles. The highest BCUT2D eigenvalue weighted by Crippen LogP contribution is 2.25. The molecule has 0 unspecified atom stereocenters. The Balaban J connectivity index is 1.90. The summed E-state index contributed by atoms with van der Waals surface area (Å²) in [7, 11) is 0. The molecule has 21 heavy (non-hydrogen) atoms. The predicted molar refractivity (Wildman–Crippen MR) is 76.8 cm³/mol. The fraction of sp³-hybridized carbons (Fsp3) is 0.0625. The minimum Gasteiger partial charge on any atom is -0.486 e. The number of pyridine rings is 1. The first-order valence-corrected chi connectivity index (χ1v) is 6.35. The normalized spacial score (nSPS) is 10.8. The van der Waals surface area contributed by atoms with Crippen molar-refractivity contribution in [2.45, 2.75) is 6.61 Å². The van der Waals surface area contributed by atoms with Crippen LogP contribution in [0, 0.1) is 11.6 Å². The highest BCUT2D eigenvalue weighted by molar-refractivity contribution is 5.92.